The maximum Gasteiger partial charge on any atom is 0.270 e. The van der Waals surface area contributed by atoms with E-state index in [1.54, 1.807) is 17.2 Å². The summed E-state index contributed by atoms with van der Waals surface area (Å²) >= 11 is 0. The molecule has 150 valence electrons. The average Bonchev–Trinajstić information content (AvgIpc) is 3.30. The van der Waals surface area contributed by atoms with Crippen LogP contribution in [0, 0.1) is 0 Å². The maximum absolute atomic E-state index is 13.1. The van der Waals surface area contributed by atoms with Crippen molar-refractivity contribution in [3.8, 4) is 11.4 Å². The predicted octanol–water partition coefficient (Wildman–Crippen LogP) is 4.43. The number of rotatable bonds is 6. The van der Waals surface area contributed by atoms with Crippen molar-refractivity contribution in [1.29, 1.82) is 0 Å². The Labute approximate surface area is 175 Å². The third kappa shape index (κ3) is 3.64. The smallest absolute Gasteiger partial charge is 0.270 e. The minimum Gasteiger partial charge on any atom is -0.344 e. The second-order valence-electron chi connectivity index (χ2n) is 7.73. The molecular weight excluding hydrogens is 374 g/mol. The lowest BCUT2D eigenvalue weighted by Gasteiger charge is -2.15. The molecule has 5 rings (SSSR count). The van der Waals surface area contributed by atoms with Gasteiger partial charge >= 0.3 is 0 Å². The first kappa shape index (κ1) is 18.4. The number of aromatic nitrogens is 4. The van der Waals surface area contributed by atoms with Crippen LogP contribution in [0.15, 0.2) is 79.4 Å². The van der Waals surface area contributed by atoms with Gasteiger partial charge in [-0.1, -0.05) is 30.3 Å². The van der Waals surface area contributed by atoms with E-state index in [1.165, 1.54) is 0 Å². The van der Waals surface area contributed by atoms with Crippen molar-refractivity contribution in [2.45, 2.75) is 31.7 Å². The third-order valence-electron chi connectivity index (χ3n) is 5.50. The van der Waals surface area contributed by atoms with Gasteiger partial charge in [-0.05, 0) is 55.7 Å². The van der Waals surface area contributed by atoms with Crippen molar-refractivity contribution in [2.24, 2.45) is 0 Å². The molecule has 6 heteroatoms. The summed E-state index contributed by atoms with van der Waals surface area (Å²) < 4.78 is 3.71. The molecule has 0 aliphatic heterocycles. The van der Waals surface area contributed by atoms with E-state index in [2.05, 4.69) is 10.3 Å². The highest BCUT2D eigenvalue weighted by atomic mass is 16.2. The van der Waals surface area contributed by atoms with Crippen molar-refractivity contribution in [1.82, 2.24) is 24.6 Å². The number of hydrogen-bond acceptors (Lipinski definition) is 3. The molecule has 1 aliphatic carbocycles. The van der Waals surface area contributed by atoms with Crippen LogP contribution >= 0.6 is 0 Å². The zero-order valence-electron chi connectivity index (χ0n) is 16.8. The SMILES string of the molecule is C[C@H](NC(=O)c1cc(C2CC2)nn1-c1ccccc1)c1ccc(-n2ccnc2)cc1. The van der Waals surface area contributed by atoms with Gasteiger partial charge in [-0.3, -0.25) is 4.79 Å². The van der Waals surface area contributed by atoms with Gasteiger partial charge in [-0.2, -0.15) is 5.10 Å². The van der Waals surface area contributed by atoms with Crippen LogP contribution in [0.1, 0.15) is 53.5 Å². The molecule has 30 heavy (non-hydrogen) atoms. The number of imidazole rings is 1. The summed E-state index contributed by atoms with van der Waals surface area (Å²) in [7, 11) is 0. The molecule has 0 spiro atoms. The van der Waals surface area contributed by atoms with Crippen LogP contribution in [-0.2, 0) is 0 Å². The number of carbonyl (C=O) groups excluding carboxylic acids is 1. The minimum atomic E-state index is -0.127. The average molecular weight is 397 g/mol. The van der Waals surface area contributed by atoms with Gasteiger partial charge < -0.3 is 9.88 Å². The molecule has 0 unspecified atom stereocenters. The Morgan fingerprint density at radius 3 is 2.50 bits per heavy atom. The van der Waals surface area contributed by atoms with Crippen LogP contribution in [0.2, 0.25) is 0 Å². The number of nitrogens with one attached hydrogen (secondary N) is 1. The molecule has 1 atom stereocenters. The molecule has 1 amide bonds. The number of benzene rings is 2. The van der Waals surface area contributed by atoms with Gasteiger partial charge in [-0.25, -0.2) is 9.67 Å². The summed E-state index contributed by atoms with van der Waals surface area (Å²) in [6, 6.07) is 19.8. The van der Waals surface area contributed by atoms with Gasteiger partial charge in [0, 0.05) is 24.0 Å². The Bertz CT molecular complexity index is 1140. The number of para-hydroxylation sites is 1. The molecule has 0 saturated heterocycles. The van der Waals surface area contributed by atoms with Gasteiger partial charge in [0.25, 0.3) is 5.91 Å². The molecule has 0 bridgehead atoms. The summed E-state index contributed by atoms with van der Waals surface area (Å²) in [5.41, 5.74) is 4.55. The standard InChI is InChI=1S/C24H23N5O/c1-17(18-9-11-20(12-10-18)28-14-13-25-16-28)26-24(30)23-15-22(19-7-8-19)27-29(23)21-5-3-2-4-6-21/h2-6,9-17,19H,7-8H2,1H3,(H,26,30)/t17-/m0/s1. The lowest BCUT2D eigenvalue weighted by atomic mass is 10.1. The van der Waals surface area contributed by atoms with E-state index in [1.807, 2.05) is 78.4 Å². The summed E-state index contributed by atoms with van der Waals surface area (Å²) in [5.74, 6) is 0.360. The molecule has 1 fully saturated rings. The molecular formula is C24H23N5O. The van der Waals surface area contributed by atoms with Crippen LogP contribution in [0.5, 0.6) is 0 Å². The molecule has 2 heterocycles. The number of hydrogen-bond donors (Lipinski definition) is 1. The number of carbonyl (C=O) groups is 1. The van der Waals surface area contributed by atoms with Crippen molar-refractivity contribution in [2.75, 3.05) is 0 Å². The summed E-state index contributed by atoms with van der Waals surface area (Å²) in [4.78, 5) is 17.2. The molecule has 2 aromatic carbocycles. The van der Waals surface area contributed by atoms with Crippen molar-refractivity contribution >= 4 is 5.91 Å². The van der Waals surface area contributed by atoms with Crippen LogP contribution in [0.4, 0.5) is 0 Å². The largest absolute Gasteiger partial charge is 0.344 e. The van der Waals surface area contributed by atoms with E-state index >= 15 is 0 Å². The first-order valence-corrected chi connectivity index (χ1v) is 10.2. The Morgan fingerprint density at radius 1 is 1.07 bits per heavy atom. The first-order valence-electron chi connectivity index (χ1n) is 10.2. The molecule has 1 aliphatic rings. The highest BCUT2D eigenvalue weighted by molar-refractivity contribution is 5.93. The van der Waals surface area contributed by atoms with Crippen LogP contribution in [-0.4, -0.2) is 25.2 Å². The van der Waals surface area contributed by atoms with E-state index in [4.69, 9.17) is 5.10 Å². The molecule has 0 radical (unpaired) electrons. The van der Waals surface area contributed by atoms with Crippen molar-refractivity contribution in [3.05, 3.63) is 96.3 Å². The maximum atomic E-state index is 13.1. The lowest BCUT2D eigenvalue weighted by Crippen LogP contribution is -2.28. The third-order valence-corrected chi connectivity index (χ3v) is 5.50. The van der Waals surface area contributed by atoms with Gasteiger partial charge in [0.05, 0.1) is 23.8 Å². The lowest BCUT2D eigenvalue weighted by molar-refractivity contribution is 0.0932. The van der Waals surface area contributed by atoms with E-state index in [0.29, 0.717) is 11.6 Å². The van der Waals surface area contributed by atoms with Gasteiger partial charge in [0.15, 0.2) is 0 Å². The fraction of sp³-hybridized carbons (Fsp3) is 0.208. The van der Waals surface area contributed by atoms with Crippen molar-refractivity contribution in [3.63, 3.8) is 0 Å². The molecule has 2 aromatic heterocycles. The molecule has 4 aromatic rings. The zero-order chi connectivity index (χ0) is 20.5. The number of amides is 1. The van der Waals surface area contributed by atoms with Gasteiger partial charge in [0.1, 0.15) is 5.69 Å². The van der Waals surface area contributed by atoms with Crippen LogP contribution in [0.25, 0.3) is 11.4 Å². The van der Waals surface area contributed by atoms with E-state index in [9.17, 15) is 4.79 Å². The molecule has 6 nitrogen and oxygen atoms in total. The van der Waals surface area contributed by atoms with E-state index in [-0.39, 0.29) is 11.9 Å². The van der Waals surface area contributed by atoms with Crippen LogP contribution < -0.4 is 5.32 Å². The van der Waals surface area contributed by atoms with Crippen LogP contribution in [0.3, 0.4) is 0 Å². The molecule has 1 saturated carbocycles. The molecule has 1 N–H and O–H groups in total. The predicted molar refractivity (Wildman–Crippen MR) is 115 cm³/mol. The van der Waals surface area contributed by atoms with Crippen molar-refractivity contribution < 1.29 is 4.79 Å². The Hall–Kier alpha value is -3.67. The second kappa shape index (κ2) is 7.63. The normalized spacial score (nSPS) is 14.4. The van der Waals surface area contributed by atoms with E-state index < -0.39 is 0 Å². The fourth-order valence-corrected chi connectivity index (χ4v) is 3.61. The highest BCUT2D eigenvalue weighted by Crippen LogP contribution is 2.39. The first-order chi connectivity index (χ1) is 14.7. The summed E-state index contributed by atoms with van der Waals surface area (Å²) in [6.07, 6.45) is 7.71. The number of nitrogens with zero attached hydrogens (tertiary/aromatic N) is 4. The minimum absolute atomic E-state index is 0.121. The van der Waals surface area contributed by atoms with Gasteiger partial charge in [-0.15, -0.1) is 0 Å². The Balaban J connectivity index is 1.37. The highest BCUT2D eigenvalue weighted by Gasteiger charge is 2.29. The Morgan fingerprint density at radius 2 is 1.83 bits per heavy atom. The zero-order valence-corrected chi connectivity index (χ0v) is 16.8. The van der Waals surface area contributed by atoms with E-state index in [0.717, 1.165) is 35.5 Å². The summed E-state index contributed by atoms with van der Waals surface area (Å²) in [6.45, 7) is 2.00. The fourth-order valence-electron chi connectivity index (χ4n) is 3.61. The van der Waals surface area contributed by atoms with Gasteiger partial charge in [0.2, 0.25) is 0 Å². The topological polar surface area (TPSA) is 64.7 Å². The monoisotopic (exact) mass is 397 g/mol. The summed E-state index contributed by atoms with van der Waals surface area (Å²) in [5, 5.41) is 7.86. The second-order valence-corrected chi connectivity index (χ2v) is 7.73. The Kier molecular flexibility index (Phi) is 4.67. The quantitative estimate of drug-likeness (QED) is 0.524.